The fourth-order valence-corrected chi connectivity index (χ4v) is 5.67. The van der Waals surface area contributed by atoms with Crippen LogP contribution in [0.2, 0.25) is 0 Å². The van der Waals surface area contributed by atoms with Crippen LogP contribution < -0.4 is 14.1 Å². The Morgan fingerprint density at radius 2 is 1.48 bits per heavy atom. The Labute approximate surface area is 173 Å². The van der Waals surface area contributed by atoms with Gasteiger partial charge in [-0.25, -0.2) is 0 Å². The molecule has 0 aliphatic rings. The number of para-hydroxylation sites is 1. The molecular weight excluding hydrogens is 592 g/mol. The fraction of sp³-hybridized carbons (Fsp3) is 0.235. The normalized spacial score (nSPS) is 13.1. The van der Waals surface area contributed by atoms with Crippen LogP contribution in [-0.2, 0) is 28.3 Å². The molecule has 5 nitrogen and oxygen atoms in total. The molecule has 1 N–H and O–H groups in total. The van der Waals surface area contributed by atoms with E-state index in [0.717, 1.165) is 0 Å². The van der Waals surface area contributed by atoms with Gasteiger partial charge in [0.1, 0.15) is 0 Å². The van der Waals surface area contributed by atoms with Gasteiger partial charge in [0.05, 0.1) is 0 Å². The van der Waals surface area contributed by atoms with Crippen LogP contribution in [0.4, 0.5) is 22.0 Å². The molecule has 0 bridgehead atoms. The second kappa shape index (κ2) is 9.83. The van der Waals surface area contributed by atoms with E-state index in [1.165, 1.54) is 12.1 Å². The summed E-state index contributed by atoms with van der Waals surface area (Å²) in [5.74, 6) is -12.9. The Bertz CT molecular complexity index is 916. The standard InChI is InChI=1S/C17H15F5NO4P.W/c1-9(2)25-11(24)8-23-28(26-10-6-4-3-5-7-10)27-17-15(21)13(19)12(18)14(20)16(17)22;/h3-7,9,23H,8H2,1-2H3;. The number of benzene rings is 2. The summed E-state index contributed by atoms with van der Waals surface area (Å²) in [5.41, 5.74) is -3.52. The Kier molecular flexibility index (Phi) is 7.97. The number of rotatable bonds is 8. The van der Waals surface area contributed by atoms with Gasteiger partial charge in [-0.15, -0.1) is 0 Å². The van der Waals surface area contributed by atoms with Gasteiger partial charge < -0.3 is 0 Å². The third kappa shape index (κ3) is 6.11. The van der Waals surface area contributed by atoms with Crippen molar-refractivity contribution in [2.45, 2.75) is 20.0 Å². The van der Waals surface area contributed by atoms with Crippen molar-refractivity contribution in [3.63, 3.8) is 0 Å². The monoisotopic (exact) mass is 607 g/mol. The number of hydrogen-bond donors (Lipinski definition) is 1. The zero-order valence-electron chi connectivity index (χ0n) is 15.0. The van der Waals surface area contributed by atoms with E-state index in [1.54, 1.807) is 32.0 Å². The van der Waals surface area contributed by atoms with E-state index in [2.05, 4.69) is 5.09 Å². The Morgan fingerprint density at radius 3 is 2.00 bits per heavy atom. The molecule has 29 heavy (non-hydrogen) atoms. The van der Waals surface area contributed by atoms with Gasteiger partial charge in [0.25, 0.3) is 0 Å². The maximum atomic E-state index is 14.0. The van der Waals surface area contributed by atoms with Crippen molar-refractivity contribution in [3.8, 4) is 11.5 Å². The molecule has 12 heteroatoms. The van der Waals surface area contributed by atoms with Gasteiger partial charge in [0.2, 0.25) is 0 Å². The van der Waals surface area contributed by atoms with Crippen molar-refractivity contribution >= 4 is 11.5 Å². The van der Waals surface area contributed by atoms with Gasteiger partial charge in [-0.1, -0.05) is 0 Å². The van der Waals surface area contributed by atoms with Crippen LogP contribution in [0, 0.1) is 29.1 Å². The molecule has 1 atom stereocenters. The molecule has 2 aromatic rings. The first-order chi connectivity index (χ1) is 13.5. The van der Waals surface area contributed by atoms with Crippen LogP contribution in [0.5, 0.6) is 11.5 Å². The summed E-state index contributed by atoms with van der Waals surface area (Å²) in [6.07, 6.45) is -0.424. The van der Waals surface area contributed by atoms with Crippen molar-refractivity contribution < 1.29 is 59.3 Å². The summed E-state index contributed by atoms with van der Waals surface area (Å²) in [6.45, 7) is 2.75. The quantitative estimate of drug-likeness (QED) is 0.156. The fourth-order valence-electron chi connectivity index (χ4n) is 1.95. The number of nitrogens with one attached hydrogen (secondary N) is 1. The van der Waals surface area contributed by atoms with Gasteiger partial charge in [0.15, 0.2) is 0 Å². The predicted octanol–water partition coefficient (Wildman–Crippen LogP) is 4.61. The van der Waals surface area contributed by atoms with Crippen LogP contribution >= 0.6 is 5.50 Å². The van der Waals surface area contributed by atoms with Gasteiger partial charge in [-0.05, 0) is 0 Å². The molecule has 0 aliphatic heterocycles. The number of ether oxygens (including phenoxy) is 1. The molecule has 1 unspecified atom stereocenters. The molecule has 0 fully saturated rings. The number of carbonyl (C=O) groups excluding carboxylic acids is 1. The molecule has 0 saturated heterocycles. The molecule has 0 spiro atoms. The molecule has 2 aromatic carbocycles. The first kappa shape index (κ1) is 23.5. The second-order valence-electron chi connectivity index (χ2n) is 5.77. The van der Waals surface area contributed by atoms with E-state index in [0.29, 0.717) is 18.8 Å². The Morgan fingerprint density at radius 1 is 0.966 bits per heavy atom. The minimum absolute atomic E-state index is 0.199. The summed E-state index contributed by atoms with van der Waals surface area (Å²) >= 11 is 0.428. The molecule has 0 aromatic heterocycles. The van der Waals surface area contributed by atoms with Crippen molar-refractivity contribution in [1.29, 1.82) is 0 Å². The first-order valence-electron chi connectivity index (χ1n) is 8.04. The van der Waals surface area contributed by atoms with Crippen molar-refractivity contribution in [1.82, 2.24) is 5.09 Å². The Hall–Kier alpha value is -1.76. The Balaban J connectivity index is 2.38. The van der Waals surface area contributed by atoms with Crippen LogP contribution in [0.15, 0.2) is 30.3 Å². The topological polar surface area (TPSA) is 56.8 Å². The number of carbonyl (C=O) groups is 1. The summed E-state index contributed by atoms with van der Waals surface area (Å²) in [4.78, 5) is 11.8. The minimum atomic E-state index is -3.52. The number of esters is 1. The molecule has 0 radical (unpaired) electrons. The van der Waals surface area contributed by atoms with Crippen LogP contribution in [-0.4, -0.2) is 18.6 Å². The van der Waals surface area contributed by atoms with E-state index >= 15 is 0 Å². The average molecular weight is 607 g/mol. The molecule has 0 saturated carbocycles. The third-order valence-electron chi connectivity index (χ3n) is 3.13. The van der Waals surface area contributed by atoms with Gasteiger partial charge in [0, 0.05) is 0 Å². The van der Waals surface area contributed by atoms with E-state index < -0.39 is 59.0 Å². The van der Waals surface area contributed by atoms with Crippen LogP contribution in [0.3, 0.4) is 0 Å². The van der Waals surface area contributed by atoms with Gasteiger partial charge in [-0.2, -0.15) is 0 Å². The zero-order chi connectivity index (χ0) is 21.8. The van der Waals surface area contributed by atoms with Crippen LogP contribution in [0.1, 0.15) is 13.8 Å². The summed E-state index contributed by atoms with van der Waals surface area (Å²) < 4.78 is 84.1. The summed E-state index contributed by atoms with van der Waals surface area (Å²) in [6, 6.07) is 7.86. The van der Waals surface area contributed by atoms with Crippen molar-refractivity contribution in [2.24, 2.45) is 0 Å². The van der Waals surface area contributed by atoms with Crippen molar-refractivity contribution in [3.05, 3.63) is 59.4 Å². The van der Waals surface area contributed by atoms with Crippen molar-refractivity contribution in [2.75, 3.05) is 6.54 Å². The van der Waals surface area contributed by atoms with E-state index in [4.69, 9.17) is 13.8 Å². The summed E-state index contributed by atoms with van der Waals surface area (Å²) in [7, 11) is 0. The zero-order valence-corrected chi connectivity index (χ0v) is 18.9. The van der Waals surface area contributed by atoms with Crippen LogP contribution in [0.25, 0.3) is 0 Å². The third-order valence-corrected chi connectivity index (χ3v) is 7.55. The van der Waals surface area contributed by atoms with Gasteiger partial charge in [-0.3, -0.25) is 0 Å². The maximum absolute atomic E-state index is 14.0. The molecule has 0 amide bonds. The number of hydrogen-bond acceptors (Lipinski definition) is 5. The molecular formula is C17H15F5NO4PW. The van der Waals surface area contributed by atoms with Gasteiger partial charge >= 0.3 is 173 Å². The first-order valence-corrected chi connectivity index (χ1v) is 13.5. The molecule has 0 aliphatic carbocycles. The van der Waals surface area contributed by atoms with E-state index in [-0.39, 0.29) is 5.75 Å². The molecule has 2 rings (SSSR count). The molecule has 158 valence electrons. The number of halogens is 5. The molecule has 0 heterocycles. The van der Waals surface area contributed by atoms with E-state index in [9.17, 15) is 26.7 Å². The predicted molar refractivity (Wildman–Crippen MR) is 90.1 cm³/mol. The second-order valence-corrected chi connectivity index (χ2v) is 12.6. The average Bonchev–Trinajstić information content (AvgIpc) is 2.67. The summed E-state index contributed by atoms with van der Waals surface area (Å²) in [5, 5.41) is 2.56. The van der Waals surface area contributed by atoms with E-state index in [1.807, 2.05) is 0 Å². The SMILES string of the molecule is CC(C)OC(=O)CN[P](=[W])(Oc1ccccc1)Oc1c(F)c(F)c(F)c(F)c1F.